The summed E-state index contributed by atoms with van der Waals surface area (Å²) in [7, 11) is 0. The number of aryl methyl sites for hydroxylation is 1. The minimum absolute atomic E-state index is 0.0126. The van der Waals surface area contributed by atoms with Crippen LogP contribution in [0.2, 0.25) is 0 Å². The van der Waals surface area contributed by atoms with Crippen molar-refractivity contribution in [1.29, 1.82) is 0 Å². The number of hydrogen-bond donors (Lipinski definition) is 2. The first-order valence-electron chi connectivity index (χ1n) is 8.07. The summed E-state index contributed by atoms with van der Waals surface area (Å²) < 4.78 is 5.22. The fourth-order valence-corrected chi connectivity index (χ4v) is 2.74. The number of carbonyl (C=O) groups is 3. The lowest BCUT2D eigenvalue weighted by atomic mass is 10.1. The number of benzene rings is 2. The molecule has 7 nitrogen and oxygen atoms in total. The number of fused-ring (bicyclic) bond motifs is 1. The van der Waals surface area contributed by atoms with Crippen molar-refractivity contribution in [2.75, 3.05) is 16.8 Å². The zero-order chi connectivity index (χ0) is 18.8. The number of nitrogens with zero attached hydrogens (tertiary/aromatic N) is 1. The van der Waals surface area contributed by atoms with Crippen molar-refractivity contribution in [3.05, 3.63) is 53.6 Å². The lowest BCUT2D eigenvalue weighted by Gasteiger charge is -2.30. The maximum absolute atomic E-state index is 12.7. The molecular formula is C19H18N2O5. The molecule has 2 aromatic carbocycles. The highest BCUT2D eigenvalue weighted by Crippen LogP contribution is 2.29. The number of para-hydroxylation sites is 2. The Balaban J connectivity index is 1.79. The van der Waals surface area contributed by atoms with Gasteiger partial charge in [0.05, 0.1) is 11.4 Å². The number of esters is 1. The fraction of sp³-hybridized carbons (Fsp3) is 0.211. The molecule has 0 aromatic heterocycles. The summed E-state index contributed by atoms with van der Waals surface area (Å²) in [6, 6.07) is 11.4. The second-order valence-corrected chi connectivity index (χ2v) is 6.06. The summed E-state index contributed by atoms with van der Waals surface area (Å²) in [6.07, 6.45) is -1.12. The van der Waals surface area contributed by atoms with Crippen LogP contribution in [0.15, 0.2) is 42.5 Å². The van der Waals surface area contributed by atoms with Crippen molar-refractivity contribution in [3.8, 4) is 5.75 Å². The quantitative estimate of drug-likeness (QED) is 0.824. The Morgan fingerprint density at radius 2 is 1.96 bits per heavy atom. The van der Waals surface area contributed by atoms with Gasteiger partial charge in [0, 0.05) is 0 Å². The maximum Gasteiger partial charge on any atom is 0.342 e. The van der Waals surface area contributed by atoms with Crippen LogP contribution in [0.5, 0.6) is 5.75 Å². The second kappa shape index (κ2) is 6.87. The SMILES string of the molecule is Cc1ccc(O)c(C(=O)O[C@@H](C)C(=O)N2CC(=O)Nc3ccccc32)c1. The van der Waals surface area contributed by atoms with Gasteiger partial charge in [-0.2, -0.15) is 0 Å². The number of ether oxygens (including phenoxy) is 1. The van der Waals surface area contributed by atoms with Gasteiger partial charge in [-0.25, -0.2) is 4.79 Å². The largest absolute Gasteiger partial charge is 0.507 e. The molecule has 1 aliphatic rings. The maximum atomic E-state index is 12.7. The fourth-order valence-electron chi connectivity index (χ4n) is 2.74. The smallest absolute Gasteiger partial charge is 0.342 e. The molecule has 1 heterocycles. The third kappa shape index (κ3) is 3.37. The first-order valence-corrected chi connectivity index (χ1v) is 8.07. The summed E-state index contributed by atoms with van der Waals surface area (Å²) in [5.41, 5.74) is 1.82. The zero-order valence-electron chi connectivity index (χ0n) is 14.4. The van der Waals surface area contributed by atoms with Gasteiger partial charge in [-0.05, 0) is 38.1 Å². The van der Waals surface area contributed by atoms with Crippen LogP contribution in [0.3, 0.4) is 0 Å². The molecule has 2 amide bonds. The van der Waals surface area contributed by atoms with Crippen LogP contribution in [0.1, 0.15) is 22.8 Å². The molecule has 134 valence electrons. The summed E-state index contributed by atoms with van der Waals surface area (Å²) in [4.78, 5) is 38.1. The average molecular weight is 354 g/mol. The first-order chi connectivity index (χ1) is 12.4. The monoisotopic (exact) mass is 354 g/mol. The van der Waals surface area contributed by atoms with E-state index in [2.05, 4.69) is 5.32 Å². The zero-order valence-corrected chi connectivity index (χ0v) is 14.4. The molecule has 2 aromatic rings. The topological polar surface area (TPSA) is 95.9 Å². The molecule has 3 rings (SSSR count). The predicted molar refractivity (Wildman–Crippen MR) is 95.1 cm³/mol. The van der Waals surface area contributed by atoms with E-state index in [4.69, 9.17) is 4.74 Å². The molecule has 0 spiro atoms. The number of phenols is 1. The van der Waals surface area contributed by atoms with Gasteiger partial charge in [0.15, 0.2) is 6.10 Å². The number of carbonyl (C=O) groups excluding carboxylic acids is 3. The number of phenolic OH excluding ortho intramolecular Hbond substituents is 1. The average Bonchev–Trinajstić information content (AvgIpc) is 2.62. The molecule has 0 bridgehead atoms. The van der Waals surface area contributed by atoms with Crippen LogP contribution >= 0.6 is 0 Å². The molecule has 0 fully saturated rings. The Hall–Kier alpha value is -3.35. The van der Waals surface area contributed by atoms with Gasteiger partial charge in [-0.3, -0.25) is 14.5 Å². The van der Waals surface area contributed by atoms with Crippen molar-refractivity contribution in [1.82, 2.24) is 0 Å². The molecule has 7 heteroatoms. The highest BCUT2D eigenvalue weighted by molar-refractivity contribution is 6.11. The third-order valence-electron chi connectivity index (χ3n) is 4.04. The summed E-state index contributed by atoms with van der Waals surface area (Å²) in [5.74, 6) is -1.87. The Kier molecular flexibility index (Phi) is 4.62. The highest BCUT2D eigenvalue weighted by atomic mass is 16.5. The van der Waals surface area contributed by atoms with Crippen molar-refractivity contribution in [2.24, 2.45) is 0 Å². The standard InChI is InChI=1S/C19H18N2O5/c1-11-7-8-16(22)13(9-11)19(25)26-12(2)18(24)21-10-17(23)20-14-5-3-4-6-15(14)21/h3-9,12,22H,10H2,1-2H3,(H,20,23)/t12-/m0/s1. The summed E-state index contributed by atoms with van der Waals surface area (Å²) in [5, 5.41) is 12.5. The molecule has 0 aliphatic carbocycles. The van der Waals surface area contributed by atoms with Gasteiger partial charge >= 0.3 is 5.97 Å². The molecule has 0 saturated carbocycles. The van der Waals surface area contributed by atoms with Gasteiger partial charge in [0.2, 0.25) is 5.91 Å². The van der Waals surface area contributed by atoms with Gasteiger partial charge in [0.1, 0.15) is 17.9 Å². The van der Waals surface area contributed by atoms with Crippen molar-refractivity contribution < 1.29 is 24.2 Å². The minimum atomic E-state index is -1.12. The molecular weight excluding hydrogens is 336 g/mol. The normalized spacial score (nSPS) is 14.2. The van der Waals surface area contributed by atoms with Crippen molar-refractivity contribution in [2.45, 2.75) is 20.0 Å². The third-order valence-corrected chi connectivity index (χ3v) is 4.04. The number of amides is 2. The van der Waals surface area contributed by atoms with Gasteiger partial charge < -0.3 is 15.2 Å². The molecule has 0 radical (unpaired) electrons. The molecule has 1 atom stereocenters. The van der Waals surface area contributed by atoms with Gasteiger partial charge in [-0.15, -0.1) is 0 Å². The Morgan fingerprint density at radius 1 is 1.23 bits per heavy atom. The Morgan fingerprint density at radius 3 is 2.73 bits per heavy atom. The lowest BCUT2D eigenvalue weighted by Crippen LogP contribution is -2.47. The summed E-state index contributed by atoms with van der Waals surface area (Å²) >= 11 is 0. The van der Waals surface area contributed by atoms with Crippen LogP contribution in [-0.2, 0) is 14.3 Å². The predicted octanol–water partition coefficient (Wildman–Crippen LogP) is 2.23. The van der Waals surface area contributed by atoms with Crippen molar-refractivity contribution in [3.63, 3.8) is 0 Å². The number of nitrogens with one attached hydrogen (secondary N) is 1. The van der Waals surface area contributed by atoms with Crippen LogP contribution in [0.25, 0.3) is 0 Å². The van der Waals surface area contributed by atoms with E-state index in [1.165, 1.54) is 24.0 Å². The van der Waals surface area contributed by atoms with Crippen LogP contribution in [-0.4, -0.2) is 35.5 Å². The summed E-state index contributed by atoms with van der Waals surface area (Å²) in [6.45, 7) is 3.05. The van der Waals surface area contributed by atoms with E-state index in [1.54, 1.807) is 37.3 Å². The van der Waals surface area contributed by atoms with Gasteiger partial charge in [-0.1, -0.05) is 23.8 Å². The van der Waals surface area contributed by atoms with E-state index in [-0.39, 0.29) is 23.8 Å². The van der Waals surface area contributed by atoms with Crippen molar-refractivity contribution >= 4 is 29.2 Å². The number of rotatable bonds is 3. The minimum Gasteiger partial charge on any atom is -0.507 e. The Bertz CT molecular complexity index is 893. The van der Waals surface area contributed by atoms with Crippen LogP contribution in [0, 0.1) is 6.92 Å². The van der Waals surface area contributed by atoms with E-state index in [1.807, 2.05) is 0 Å². The van der Waals surface area contributed by atoms with Gasteiger partial charge in [0.25, 0.3) is 5.91 Å². The highest BCUT2D eigenvalue weighted by Gasteiger charge is 2.31. The molecule has 0 saturated heterocycles. The number of aromatic hydroxyl groups is 1. The molecule has 0 unspecified atom stereocenters. The van der Waals surface area contributed by atoms with E-state index in [0.717, 1.165) is 5.56 Å². The number of anilines is 2. The second-order valence-electron chi connectivity index (χ2n) is 6.06. The van der Waals surface area contributed by atoms with Crippen LogP contribution in [0.4, 0.5) is 11.4 Å². The molecule has 26 heavy (non-hydrogen) atoms. The number of hydrogen-bond acceptors (Lipinski definition) is 5. The van der Waals surface area contributed by atoms with E-state index < -0.39 is 18.0 Å². The molecule has 2 N–H and O–H groups in total. The van der Waals surface area contributed by atoms with E-state index >= 15 is 0 Å². The molecule has 1 aliphatic heterocycles. The Labute approximate surface area is 150 Å². The van der Waals surface area contributed by atoms with E-state index in [9.17, 15) is 19.5 Å². The van der Waals surface area contributed by atoms with Crippen LogP contribution < -0.4 is 10.2 Å². The van der Waals surface area contributed by atoms with E-state index in [0.29, 0.717) is 11.4 Å². The lowest BCUT2D eigenvalue weighted by molar-refractivity contribution is -0.128. The first kappa shape index (κ1) is 17.5.